The topological polar surface area (TPSA) is 63.9 Å². The Morgan fingerprint density at radius 1 is 1.18 bits per heavy atom. The summed E-state index contributed by atoms with van der Waals surface area (Å²) in [7, 11) is 0. The van der Waals surface area contributed by atoms with E-state index < -0.39 is 0 Å². The Morgan fingerprint density at radius 2 is 2.09 bits per heavy atom. The van der Waals surface area contributed by atoms with Gasteiger partial charge in [-0.15, -0.1) is 5.10 Å². The fraction of sp³-hybridized carbons (Fsp3) is 0.250. The van der Waals surface area contributed by atoms with E-state index in [1.165, 1.54) is 0 Å². The molecule has 110 valence electrons. The van der Waals surface area contributed by atoms with E-state index in [0.29, 0.717) is 12.2 Å². The van der Waals surface area contributed by atoms with Crippen LogP contribution < -0.4 is 0 Å². The summed E-state index contributed by atoms with van der Waals surface area (Å²) in [5.74, 6) is -0.0200. The van der Waals surface area contributed by atoms with Gasteiger partial charge in [0.15, 0.2) is 0 Å². The first-order valence-corrected chi connectivity index (χ1v) is 7.32. The van der Waals surface area contributed by atoms with E-state index in [0.717, 1.165) is 23.9 Å². The molecule has 2 aromatic heterocycles. The zero-order valence-electron chi connectivity index (χ0n) is 12.0. The summed E-state index contributed by atoms with van der Waals surface area (Å²) < 4.78 is 1.82. The van der Waals surface area contributed by atoms with Gasteiger partial charge in [-0.2, -0.15) is 0 Å². The van der Waals surface area contributed by atoms with Gasteiger partial charge in [-0.05, 0) is 18.6 Å². The molecule has 1 aliphatic heterocycles. The minimum Gasteiger partial charge on any atom is -0.335 e. The maximum Gasteiger partial charge on any atom is 0.272 e. The lowest BCUT2D eigenvalue weighted by atomic mass is 10.2. The Morgan fingerprint density at radius 3 is 2.95 bits per heavy atom. The minimum absolute atomic E-state index is 0.0200. The fourth-order valence-electron chi connectivity index (χ4n) is 2.90. The van der Waals surface area contributed by atoms with Crippen molar-refractivity contribution in [2.24, 2.45) is 0 Å². The van der Waals surface area contributed by atoms with Crippen molar-refractivity contribution in [2.45, 2.75) is 12.5 Å². The van der Waals surface area contributed by atoms with E-state index in [9.17, 15) is 4.79 Å². The number of pyridine rings is 1. The van der Waals surface area contributed by atoms with Gasteiger partial charge in [0.2, 0.25) is 0 Å². The van der Waals surface area contributed by atoms with Crippen molar-refractivity contribution >= 4 is 16.8 Å². The first-order chi connectivity index (χ1) is 10.8. The van der Waals surface area contributed by atoms with Crippen LogP contribution >= 0.6 is 0 Å². The van der Waals surface area contributed by atoms with E-state index in [4.69, 9.17) is 0 Å². The number of aromatic nitrogens is 4. The number of carbonyl (C=O) groups excluding carboxylic acids is 1. The van der Waals surface area contributed by atoms with Gasteiger partial charge in [0.05, 0.1) is 17.8 Å². The summed E-state index contributed by atoms with van der Waals surface area (Å²) in [6.07, 6.45) is 4.39. The Balaban J connectivity index is 1.56. The van der Waals surface area contributed by atoms with Crippen LogP contribution in [-0.4, -0.2) is 43.9 Å². The standard InChI is InChI=1S/C16H15N5O/c22-16(15-6-5-12-3-1-2-4-14(12)18-15)20-9-7-13(11-20)21-10-8-17-19-21/h1-6,8,10,13H,7,9,11H2/t13-/m1/s1. The SMILES string of the molecule is O=C(c1ccc2ccccc2n1)N1CC[C@@H](n2ccnn2)C1. The van der Waals surface area contributed by atoms with Crippen LogP contribution in [0.1, 0.15) is 23.0 Å². The third-order valence-corrected chi connectivity index (χ3v) is 4.08. The Labute approximate surface area is 127 Å². The largest absolute Gasteiger partial charge is 0.335 e. The highest BCUT2D eigenvalue weighted by atomic mass is 16.2. The van der Waals surface area contributed by atoms with Gasteiger partial charge in [0.1, 0.15) is 5.69 Å². The molecule has 3 heterocycles. The number of carbonyl (C=O) groups is 1. The molecule has 0 bridgehead atoms. The van der Waals surface area contributed by atoms with Gasteiger partial charge in [0, 0.05) is 24.7 Å². The lowest BCUT2D eigenvalue weighted by Gasteiger charge is -2.16. The molecular formula is C16H15N5O. The molecule has 1 aliphatic rings. The summed E-state index contributed by atoms with van der Waals surface area (Å²) in [5.41, 5.74) is 1.35. The van der Waals surface area contributed by atoms with Crippen LogP contribution in [0.4, 0.5) is 0 Å². The Kier molecular flexibility index (Phi) is 3.07. The van der Waals surface area contributed by atoms with Crippen LogP contribution in [0.15, 0.2) is 48.8 Å². The molecule has 1 amide bonds. The predicted octanol–water partition coefficient (Wildman–Crippen LogP) is 1.91. The zero-order valence-corrected chi connectivity index (χ0v) is 12.0. The normalized spacial score (nSPS) is 18.0. The third-order valence-electron chi connectivity index (χ3n) is 4.08. The van der Waals surface area contributed by atoms with Crippen molar-refractivity contribution < 1.29 is 4.79 Å². The van der Waals surface area contributed by atoms with Gasteiger partial charge in [-0.1, -0.05) is 29.5 Å². The fourth-order valence-corrected chi connectivity index (χ4v) is 2.90. The van der Waals surface area contributed by atoms with Gasteiger partial charge in [-0.25, -0.2) is 9.67 Å². The summed E-state index contributed by atoms with van der Waals surface area (Å²) in [4.78, 5) is 18.9. The summed E-state index contributed by atoms with van der Waals surface area (Å²) in [6.45, 7) is 1.37. The number of likely N-dealkylation sites (tertiary alicyclic amines) is 1. The Bertz CT molecular complexity index is 814. The number of hydrogen-bond donors (Lipinski definition) is 0. The number of rotatable bonds is 2. The van der Waals surface area contributed by atoms with Crippen LogP contribution in [0.2, 0.25) is 0 Å². The Hall–Kier alpha value is -2.76. The number of amides is 1. The second-order valence-corrected chi connectivity index (χ2v) is 5.47. The molecule has 0 radical (unpaired) electrons. The summed E-state index contributed by atoms with van der Waals surface area (Å²) >= 11 is 0. The highest BCUT2D eigenvalue weighted by Crippen LogP contribution is 2.22. The van der Waals surface area contributed by atoms with Crippen molar-refractivity contribution in [1.29, 1.82) is 0 Å². The quantitative estimate of drug-likeness (QED) is 0.724. The molecule has 1 atom stereocenters. The maximum absolute atomic E-state index is 12.6. The molecule has 22 heavy (non-hydrogen) atoms. The van der Waals surface area contributed by atoms with E-state index in [-0.39, 0.29) is 11.9 Å². The highest BCUT2D eigenvalue weighted by Gasteiger charge is 2.29. The van der Waals surface area contributed by atoms with Crippen molar-refractivity contribution in [3.05, 3.63) is 54.5 Å². The average molecular weight is 293 g/mol. The minimum atomic E-state index is -0.0200. The second-order valence-electron chi connectivity index (χ2n) is 5.47. The van der Waals surface area contributed by atoms with E-state index in [1.54, 1.807) is 12.3 Å². The highest BCUT2D eigenvalue weighted by molar-refractivity contribution is 5.95. The lowest BCUT2D eigenvalue weighted by molar-refractivity contribution is 0.0781. The van der Waals surface area contributed by atoms with E-state index >= 15 is 0 Å². The van der Waals surface area contributed by atoms with Crippen molar-refractivity contribution in [2.75, 3.05) is 13.1 Å². The van der Waals surface area contributed by atoms with Gasteiger partial charge < -0.3 is 4.90 Å². The predicted molar refractivity (Wildman–Crippen MR) is 81.3 cm³/mol. The molecule has 4 rings (SSSR count). The van der Waals surface area contributed by atoms with Gasteiger partial charge in [-0.3, -0.25) is 4.79 Å². The van der Waals surface area contributed by atoms with Crippen LogP contribution in [0, 0.1) is 0 Å². The molecule has 0 N–H and O–H groups in total. The molecule has 0 unspecified atom stereocenters. The maximum atomic E-state index is 12.6. The zero-order chi connectivity index (χ0) is 14.9. The lowest BCUT2D eigenvalue weighted by Crippen LogP contribution is -2.29. The molecule has 1 saturated heterocycles. The van der Waals surface area contributed by atoms with Gasteiger partial charge >= 0.3 is 0 Å². The molecule has 3 aromatic rings. The first-order valence-electron chi connectivity index (χ1n) is 7.32. The third kappa shape index (κ3) is 2.22. The molecular weight excluding hydrogens is 278 g/mol. The smallest absolute Gasteiger partial charge is 0.272 e. The first kappa shape index (κ1) is 12.9. The average Bonchev–Trinajstić information content (AvgIpc) is 3.24. The number of fused-ring (bicyclic) bond motifs is 1. The van der Waals surface area contributed by atoms with Gasteiger partial charge in [0.25, 0.3) is 5.91 Å². The second kappa shape index (κ2) is 5.22. The molecule has 1 fully saturated rings. The summed E-state index contributed by atoms with van der Waals surface area (Å²) in [5, 5.41) is 8.89. The number of hydrogen-bond acceptors (Lipinski definition) is 4. The van der Waals surface area contributed by atoms with Crippen LogP contribution in [0.3, 0.4) is 0 Å². The van der Waals surface area contributed by atoms with Crippen LogP contribution in [0.5, 0.6) is 0 Å². The number of benzene rings is 1. The van der Waals surface area contributed by atoms with Crippen molar-refractivity contribution in [1.82, 2.24) is 24.9 Å². The summed E-state index contributed by atoms with van der Waals surface area (Å²) in [6, 6.07) is 11.8. The monoisotopic (exact) mass is 293 g/mol. The molecule has 0 aliphatic carbocycles. The van der Waals surface area contributed by atoms with E-state index in [2.05, 4.69) is 15.3 Å². The van der Waals surface area contributed by atoms with Crippen molar-refractivity contribution in [3.8, 4) is 0 Å². The van der Waals surface area contributed by atoms with Crippen molar-refractivity contribution in [3.63, 3.8) is 0 Å². The van der Waals surface area contributed by atoms with Crippen LogP contribution in [0.25, 0.3) is 10.9 Å². The molecule has 6 nitrogen and oxygen atoms in total. The van der Waals surface area contributed by atoms with Crippen LogP contribution in [-0.2, 0) is 0 Å². The molecule has 1 aromatic carbocycles. The molecule has 0 saturated carbocycles. The number of para-hydroxylation sites is 1. The molecule has 0 spiro atoms. The van der Waals surface area contributed by atoms with E-state index in [1.807, 2.05) is 46.1 Å². The number of nitrogens with zero attached hydrogens (tertiary/aromatic N) is 5. The molecule has 6 heteroatoms.